The number of benzene rings is 1. The number of aryl methyl sites for hydroxylation is 2. The molecule has 3 atom stereocenters. The normalized spacial score (nSPS) is 19.8. The first-order valence-electron chi connectivity index (χ1n) is 12.0. The molecule has 0 aliphatic carbocycles. The van der Waals surface area contributed by atoms with Crippen LogP contribution in [0.2, 0.25) is 0 Å². The first-order chi connectivity index (χ1) is 16.8. The van der Waals surface area contributed by atoms with Crippen LogP contribution in [-0.4, -0.2) is 54.2 Å². The Morgan fingerprint density at radius 2 is 1.94 bits per heavy atom. The second-order valence-corrected chi connectivity index (χ2v) is 9.62. The molecule has 9 nitrogen and oxygen atoms in total. The highest BCUT2D eigenvalue weighted by Gasteiger charge is 2.34. The number of hydrogen-bond acceptors (Lipinski definition) is 7. The van der Waals surface area contributed by atoms with Crippen LogP contribution in [0.15, 0.2) is 41.3 Å². The van der Waals surface area contributed by atoms with E-state index in [-0.39, 0.29) is 30.1 Å². The van der Waals surface area contributed by atoms with Crippen LogP contribution in [0.1, 0.15) is 43.8 Å². The first-order valence-corrected chi connectivity index (χ1v) is 12.0. The summed E-state index contributed by atoms with van der Waals surface area (Å²) in [7, 11) is 1.74. The van der Waals surface area contributed by atoms with Crippen LogP contribution >= 0.6 is 0 Å². The number of hydrogen-bond donors (Lipinski definition) is 0. The summed E-state index contributed by atoms with van der Waals surface area (Å²) in [6, 6.07) is 12.6. The number of fused-ring (bicyclic) bond motifs is 2. The molecule has 1 aliphatic heterocycles. The number of piperazine rings is 1. The van der Waals surface area contributed by atoms with E-state index < -0.39 is 0 Å². The van der Waals surface area contributed by atoms with Gasteiger partial charge in [0.15, 0.2) is 0 Å². The molecule has 35 heavy (non-hydrogen) atoms. The van der Waals surface area contributed by atoms with E-state index >= 15 is 0 Å². The molecule has 1 aliphatic rings. The fourth-order valence-corrected chi connectivity index (χ4v) is 5.16. The van der Waals surface area contributed by atoms with Gasteiger partial charge in [0.2, 0.25) is 0 Å². The molecule has 4 aromatic rings. The molecule has 1 unspecified atom stereocenters. The molecular weight excluding hydrogens is 440 g/mol. The molecular formula is C26H30N8O. The highest BCUT2D eigenvalue weighted by molar-refractivity contribution is 5.75. The van der Waals surface area contributed by atoms with Gasteiger partial charge in [0.05, 0.1) is 34.9 Å². The van der Waals surface area contributed by atoms with Crippen LogP contribution < -0.4 is 10.5 Å². The van der Waals surface area contributed by atoms with Crippen molar-refractivity contribution < 1.29 is 0 Å². The molecule has 9 heteroatoms. The van der Waals surface area contributed by atoms with Crippen LogP contribution in [0.25, 0.3) is 16.7 Å². The lowest BCUT2D eigenvalue weighted by Gasteiger charge is -2.47. The lowest BCUT2D eigenvalue weighted by Crippen LogP contribution is -2.57. The molecule has 0 bridgehead atoms. The zero-order chi connectivity index (χ0) is 24.9. The largest absolute Gasteiger partial charge is 0.351 e. The van der Waals surface area contributed by atoms with Crippen LogP contribution in [0, 0.1) is 18.3 Å². The van der Waals surface area contributed by atoms with Crippen molar-refractivity contribution in [2.24, 2.45) is 7.05 Å². The molecule has 0 radical (unpaired) electrons. The van der Waals surface area contributed by atoms with Gasteiger partial charge in [-0.1, -0.05) is 6.07 Å². The predicted octanol–water partition coefficient (Wildman–Crippen LogP) is 3.01. The molecule has 1 saturated heterocycles. The van der Waals surface area contributed by atoms with Crippen molar-refractivity contribution in [3.05, 3.63) is 63.8 Å². The molecule has 1 aromatic carbocycles. The van der Waals surface area contributed by atoms with Crippen molar-refractivity contribution in [3.63, 3.8) is 0 Å². The Bertz CT molecular complexity index is 1510. The molecule has 0 saturated carbocycles. The third-order valence-corrected chi connectivity index (χ3v) is 7.14. The second-order valence-electron chi connectivity index (χ2n) is 9.62. The Labute approximate surface area is 204 Å². The minimum absolute atomic E-state index is 0.0841. The number of aromatic nitrogens is 5. The van der Waals surface area contributed by atoms with E-state index in [2.05, 4.69) is 63.8 Å². The predicted molar refractivity (Wildman–Crippen MR) is 135 cm³/mol. The number of nitrogens with zero attached hydrogens (tertiary/aromatic N) is 8. The van der Waals surface area contributed by atoms with Gasteiger partial charge in [0.1, 0.15) is 11.5 Å². The van der Waals surface area contributed by atoms with E-state index in [9.17, 15) is 4.79 Å². The van der Waals surface area contributed by atoms with Gasteiger partial charge in [-0.3, -0.25) is 19.2 Å². The molecule has 1 fully saturated rings. The van der Waals surface area contributed by atoms with E-state index in [1.54, 1.807) is 28.4 Å². The SMILES string of the molecule is Cc1cnc2ccc(C(C)N3C[C@H](C)N(c4cc(=O)n(C)c5cc(CC#N)nn45)C[C@H]3C)cc2n1. The Balaban J connectivity index is 1.45. The van der Waals surface area contributed by atoms with Gasteiger partial charge in [0, 0.05) is 56.6 Å². The molecule has 0 spiro atoms. The van der Waals surface area contributed by atoms with Gasteiger partial charge < -0.3 is 4.90 Å². The van der Waals surface area contributed by atoms with E-state index in [0.29, 0.717) is 11.3 Å². The maximum Gasteiger partial charge on any atom is 0.255 e. The Morgan fingerprint density at radius 1 is 1.14 bits per heavy atom. The molecule has 5 rings (SSSR count). The van der Waals surface area contributed by atoms with Crippen LogP contribution in [-0.2, 0) is 13.5 Å². The van der Waals surface area contributed by atoms with Gasteiger partial charge in [-0.05, 0) is 45.4 Å². The van der Waals surface area contributed by atoms with Crippen LogP contribution in [0.3, 0.4) is 0 Å². The van der Waals surface area contributed by atoms with Crippen molar-refractivity contribution in [2.45, 2.75) is 52.2 Å². The van der Waals surface area contributed by atoms with Crippen molar-refractivity contribution >= 4 is 22.5 Å². The lowest BCUT2D eigenvalue weighted by atomic mass is 10.0. The standard InChI is InChI=1S/C26H30N8O/c1-16-13-28-22-7-6-20(10-23(22)29-16)19(4)32-14-18(3)33(15-17(32)2)25-12-26(35)31(5)24-11-21(8-9-27)30-34(24)25/h6-7,10-13,17-19H,8,14-15H2,1-5H3/t17-,18+,19?/m1/s1. The van der Waals surface area contributed by atoms with E-state index in [1.165, 1.54) is 5.56 Å². The minimum Gasteiger partial charge on any atom is -0.351 e. The lowest BCUT2D eigenvalue weighted by molar-refractivity contribution is 0.119. The summed E-state index contributed by atoms with van der Waals surface area (Å²) < 4.78 is 3.38. The summed E-state index contributed by atoms with van der Waals surface area (Å²) in [4.78, 5) is 26.7. The molecule has 0 N–H and O–H groups in total. The van der Waals surface area contributed by atoms with Crippen LogP contribution in [0.5, 0.6) is 0 Å². The Kier molecular flexibility index (Phi) is 5.77. The van der Waals surface area contributed by atoms with Gasteiger partial charge in [-0.25, -0.2) is 9.50 Å². The maximum absolute atomic E-state index is 12.7. The molecule has 4 heterocycles. The summed E-state index contributed by atoms with van der Waals surface area (Å²) in [6.07, 6.45) is 2.01. The molecule has 180 valence electrons. The summed E-state index contributed by atoms with van der Waals surface area (Å²) in [5.74, 6) is 0.774. The van der Waals surface area contributed by atoms with Crippen molar-refractivity contribution in [3.8, 4) is 6.07 Å². The fourth-order valence-electron chi connectivity index (χ4n) is 5.16. The highest BCUT2D eigenvalue weighted by Crippen LogP contribution is 2.31. The average molecular weight is 471 g/mol. The third kappa shape index (κ3) is 4.04. The van der Waals surface area contributed by atoms with Crippen molar-refractivity contribution in [1.29, 1.82) is 5.26 Å². The number of rotatable bonds is 4. The van der Waals surface area contributed by atoms with E-state index in [1.807, 2.05) is 19.1 Å². The van der Waals surface area contributed by atoms with Gasteiger partial charge in [-0.2, -0.15) is 10.4 Å². The third-order valence-electron chi connectivity index (χ3n) is 7.14. The van der Waals surface area contributed by atoms with Crippen molar-refractivity contribution in [2.75, 3.05) is 18.0 Å². The summed E-state index contributed by atoms with van der Waals surface area (Å²) >= 11 is 0. The molecule has 0 amide bonds. The molecule has 3 aromatic heterocycles. The first kappa shape index (κ1) is 23.0. The van der Waals surface area contributed by atoms with Crippen LogP contribution in [0.4, 0.5) is 5.82 Å². The van der Waals surface area contributed by atoms with E-state index in [4.69, 9.17) is 5.26 Å². The topological polar surface area (TPSA) is 95.3 Å². The van der Waals surface area contributed by atoms with Gasteiger partial charge >= 0.3 is 0 Å². The zero-order valence-corrected chi connectivity index (χ0v) is 20.8. The van der Waals surface area contributed by atoms with Gasteiger partial charge in [-0.15, -0.1) is 0 Å². The Hall–Kier alpha value is -3.77. The highest BCUT2D eigenvalue weighted by atomic mass is 16.1. The second kappa shape index (κ2) is 8.78. The summed E-state index contributed by atoms with van der Waals surface area (Å²) in [5, 5.41) is 13.8. The maximum atomic E-state index is 12.7. The van der Waals surface area contributed by atoms with Gasteiger partial charge in [0.25, 0.3) is 5.56 Å². The monoisotopic (exact) mass is 470 g/mol. The van der Waals surface area contributed by atoms with E-state index in [0.717, 1.165) is 35.6 Å². The number of anilines is 1. The smallest absolute Gasteiger partial charge is 0.255 e. The van der Waals surface area contributed by atoms with Crippen molar-refractivity contribution in [1.82, 2.24) is 29.0 Å². The number of nitriles is 1. The average Bonchev–Trinajstić information content (AvgIpc) is 3.26. The Morgan fingerprint density at radius 3 is 2.71 bits per heavy atom. The summed E-state index contributed by atoms with van der Waals surface area (Å²) in [6.45, 7) is 10.2. The minimum atomic E-state index is -0.0841. The quantitative estimate of drug-likeness (QED) is 0.452. The fraction of sp³-hybridized carbons (Fsp3) is 0.423. The summed E-state index contributed by atoms with van der Waals surface area (Å²) in [5.41, 5.74) is 5.23. The zero-order valence-electron chi connectivity index (χ0n) is 20.8.